The number of anilines is 1. The number of nitrogens with zero attached hydrogens (tertiary/aromatic N) is 1. The molecule has 0 bridgehead atoms. The second kappa shape index (κ2) is 10.2. The second-order valence-electron chi connectivity index (χ2n) is 4.35. The van der Waals surface area contributed by atoms with Crippen LogP contribution < -0.4 is 5.32 Å². The fourth-order valence-electron chi connectivity index (χ4n) is 1.74. The molecule has 0 fully saturated rings. The molecule has 0 amide bonds. The molecule has 0 aliphatic heterocycles. The van der Waals surface area contributed by atoms with Crippen molar-refractivity contribution in [1.29, 1.82) is 0 Å². The molecule has 0 aromatic carbocycles. The van der Waals surface area contributed by atoms with E-state index in [1.165, 1.54) is 11.3 Å². The first-order valence-electron chi connectivity index (χ1n) is 6.70. The van der Waals surface area contributed by atoms with Crippen molar-refractivity contribution in [3.05, 3.63) is 11.6 Å². The van der Waals surface area contributed by atoms with E-state index in [-0.39, 0.29) is 6.61 Å². The maximum Gasteiger partial charge on any atom is 0.500 e. The fourth-order valence-corrected chi connectivity index (χ4v) is 3.97. The molecule has 1 aromatic rings. The first-order chi connectivity index (χ1) is 10.2. The monoisotopic (exact) mass is 336 g/mol. The molecule has 0 aliphatic carbocycles. The van der Waals surface area contributed by atoms with E-state index in [1.807, 2.05) is 5.38 Å². The third-order valence-electron chi connectivity index (χ3n) is 2.94. The maximum atomic E-state index is 9.77. The van der Waals surface area contributed by atoms with Gasteiger partial charge < -0.3 is 28.4 Å². The Morgan fingerprint density at radius 2 is 2.05 bits per heavy atom. The number of aliphatic hydroxyl groups is 1. The zero-order valence-electron chi connectivity index (χ0n) is 12.7. The quantitative estimate of drug-likeness (QED) is 0.438. The molecule has 0 aliphatic rings. The lowest BCUT2D eigenvalue weighted by Crippen LogP contribution is -2.42. The molecule has 1 atom stereocenters. The molecule has 2 N–H and O–H groups in total. The van der Waals surface area contributed by atoms with Gasteiger partial charge in [-0.25, -0.2) is 4.98 Å². The van der Waals surface area contributed by atoms with Crippen molar-refractivity contribution >= 4 is 25.3 Å². The van der Waals surface area contributed by atoms with Crippen LogP contribution in [0.5, 0.6) is 0 Å². The van der Waals surface area contributed by atoms with Gasteiger partial charge in [-0.3, -0.25) is 0 Å². The van der Waals surface area contributed by atoms with Crippen molar-refractivity contribution < 1.29 is 23.1 Å². The highest BCUT2D eigenvalue weighted by Gasteiger charge is 2.36. The molecule has 122 valence electrons. The number of hydrogen-bond donors (Lipinski definition) is 2. The topological polar surface area (TPSA) is 82.1 Å². The molecule has 1 heterocycles. The van der Waals surface area contributed by atoms with Gasteiger partial charge in [-0.15, -0.1) is 11.3 Å². The molecule has 21 heavy (non-hydrogen) atoms. The highest BCUT2D eigenvalue weighted by Crippen LogP contribution is 2.15. The van der Waals surface area contributed by atoms with Gasteiger partial charge in [0.25, 0.3) is 0 Å². The smallest absolute Gasteiger partial charge is 0.389 e. The Hall–Kier alpha value is -0.553. The van der Waals surface area contributed by atoms with Crippen LogP contribution in [0.3, 0.4) is 0 Å². The Morgan fingerprint density at radius 1 is 1.33 bits per heavy atom. The summed E-state index contributed by atoms with van der Waals surface area (Å²) in [5.74, 6) is 0. The number of hydrogen-bond acceptors (Lipinski definition) is 8. The minimum atomic E-state index is -2.51. The lowest BCUT2D eigenvalue weighted by Gasteiger charge is -2.24. The van der Waals surface area contributed by atoms with Crippen molar-refractivity contribution in [1.82, 2.24) is 4.98 Å². The molecular weight excluding hydrogens is 312 g/mol. The largest absolute Gasteiger partial charge is 0.500 e. The first kappa shape index (κ1) is 18.5. The molecule has 9 heteroatoms. The molecular formula is C12H24N2O5SSi. The summed E-state index contributed by atoms with van der Waals surface area (Å²) in [4.78, 5) is 4.07. The molecule has 0 radical (unpaired) electrons. The van der Waals surface area contributed by atoms with Crippen LogP contribution in [0.1, 0.15) is 6.42 Å². The molecule has 0 saturated heterocycles. The summed E-state index contributed by atoms with van der Waals surface area (Å²) < 4.78 is 21.4. The number of thiazole rings is 1. The lowest BCUT2D eigenvalue weighted by molar-refractivity contribution is 0.0412. The van der Waals surface area contributed by atoms with Gasteiger partial charge in [0, 0.05) is 52.1 Å². The summed E-state index contributed by atoms with van der Waals surface area (Å²) >= 11 is 1.50. The minimum absolute atomic E-state index is 0.278. The Balaban J connectivity index is 2.07. The Bertz CT molecular complexity index is 356. The van der Waals surface area contributed by atoms with Gasteiger partial charge in [0.1, 0.15) is 0 Å². The van der Waals surface area contributed by atoms with Crippen molar-refractivity contribution in [2.24, 2.45) is 0 Å². The van der Waals surface area contributed by atoms with Gasteiger partial charge >= 0.3 is 8.80 Å². The summed E-state index contributed by atoms with van der Waals surface area (Å²) in [6, 6.07) is 0.684. The molecule has 1 unspecified atom stereocenters. The highest BCUT2D eigenvalue weighted by molar-refractivity contribution is 7.13. The third-order valence-corrected chi connectivity index (χ3v) is 6.50. The summed E-state index contributed by atoms with van der Waals surface area (Å²) in [7, 11) is 2.27. The maximum absolute atomic E-state index is 9.77. The van der Waals surface area contributed by atoms with Crippen molar-refractivity contribution in [3.63, 3.8) is 0 Å². The van der Waals surface area contributed by atoms with E-state index < -0.39 is 14.9 Å². The van der Waals surface area contributed by atoms with Crippen LogP contribution in [0.25, 0.3) is 0 Å². The van der Waals surface area contributed by atoms with Gasteiger partial charge in [0.2, 0.25) is 0 Å². The summed E-state index contributed by atoms with van der Waals surface area (Å²) in [5.41, 5.74) is 0. The van der Waals surface area contributed by atoms with Crippen molar-refractivity contribution in [2.45, 2.75) is 18.6 Å². The Morgan fingerprint density at radius 3 is 2.62 bits per heavy atom. The predicted octanol–water partition coefficient (Wildman–Crippen LogP) is 1.20. The molecule has 1 aromatic heterocycles. The van der Waals surface area contributed by atoms with E-state index in [9.17, 15) is 5.11 Å². The molecule has 7 nitrogen and oxygen atoms in total. The van der Waals surface area contributed by atoms with Gasteiger partial charge in [0.05, 0.1) is 12.7 Å². The first-order valence-corrected chi connectivity index (χ1v) is 9.51. The average Bonchev–Trinajstić information content (AvgIpc) is 3.03. The Kier molecular flexibility index (Phi) is 9.00. The van der Waals surface area contributed by atoms with Crippen LogP contribution in [0.15, 0.2) is 11.6 Å². The van der Waals surface area contributed by atoms with Gasteiger partial charge in [-0.1, -0.05) is 0 Å². The van der Waals surface area contributed by atoms with E-state index in [0.29, 0.717) is 19.2 Å². The summed E-state index contributed by atoms with van der Waals surface area (Å²) in [5, 5.41) is 15.5. The highest BCUT2D eigenvalue weighted by atomic mass is 32.1. The average molecular weight is 336 g/mol. The lowest BCUT2D eigenvalue weighted by atomic mass is 10.4. The van der Waals surface area contributed by atoms with E-state index in [4.69, 9.17) is 18.0 Å². The van der Waals surface area contributed by atoms with E-state index in [1.54, 1.807) is 27.5 Å². The third kappa shape index (κ3) is 6.83. The molecule has 1 rings (SSSR count). The van der Waals surface area contributed by atoms with E-state index >= 15 is 0 Å². The van der Waals surface area contributed by atoms with Crippen molar-refractivity contribution in [2.75, 3.05) is 46.4 Å². The van der Waals surface area contributed by atoms with Gasteiger partial charge in [0.15, 0.2) is 5.13 Å². The minimum Gasteiger partial charge on any atom is -0.389 e. The van der Waals surface area contributed by atoms with E-state index in [2.05, 4.69) is 10.3 Å². The second-order valence-corrected chi connectivity index (χ2v) is 8.33. The number of rotatable bonds is 12. The van der Waals surface area contributed by atoms with Crippen molar-refractivity contribution in [3.8, 4) is 0 Å². The molecule has 0 saturated carbocycles. The van der Waals surface area contributed by atoms with Crippen LogP contribution in [-0.4, -0.2) is 66.1 Å². The standard InChI is InChI=1S/C12H24N2O5SSi/c1-16-21(17-2,18-3)8-4-6-19-10-11(15)9-14-12-13-5-7-20-12/h5,7,11,15H,4,6,8-10H2,1-3H3,(H,13,14). The number of aliphatic hydroxyl groups excluding tert-OH is 1. The van der Waals surface area contributed by atoms with Crippen LogP contribution in [0.4, 0.5) is 5.13 Å². The van der Waals surface area contributed by atoms with Crippen LogP contribution in [-0.2, 0) is 18.0 Å². The fraction of sp³-hybridized carbons (Fsp3) is 0.750. The normalized spacial score (nSPS) is 13.3. The molecule has 0 spiro atoms. The van der Waals surface area contributed by atoms with E-state index in [0.717, 1.165) is 11.6 Å². The predicted molar refractivity (Wildman–Crippen MR) is 83.6 cm³/mol. The Labute approximate surface area is 130 Å². The number of ether oxygens (including phenoxy) is 1. The van der Waals surface area contributed by atoms with Gasteiger partial charge in [-0.05, 0) is 6.42 Å². The zero-order valence-corrected chi connectivity index (χ0v) is 14.5. The number of nitrogens with one attached hydrogen (secondary N) is 1. The number of aromatic nitrogens is 1. The zero-order chi connectivity index (χ0) is 15.6. The van der Waals surface area contributed by atoms with Crippen LogP contribution >= 0.6 is 11.3 Å². The SMILES string of the molecule is CO[Si](CCCOCC(O)CNc1nccs1)(OC)OC. The van der Waals surface area contributed by atoms with Gasteiger partial charge in [-0.2, -0.15) is 0 Å². The van der Waals surface area contributed by atoms with Crippen LogP contribution in [0, 0.1) is 0 Å². The summed E-state index contributed by atoms with van der Waals surface area (Å²) in [6.45, 7) is 1.22. The summed E-state index contributed by atoms with van der Waals surface area (Å²) in [6.07, 6.45) is 1.91. The van der Waals surface area contributed by atoms with Crippen LogP contribution in [0.2, 0.25) is 6.04 Å².